The van der Waals surface area contributed by atoms with Crippen LogP contribution >= 0.6 is 0 Å². The molecule has 0 aliphatic rings. The van der Waals surface area contributed by atoms with Crippen molar-refractivity contribution in [3.63, 3.8) is 0 Å². The number of nitrogens with zero attached hydrogens (tertiary/aromatic N) is 1. The van der Waals surface area contributed by atoms with Crippen LogP contribution in [-0.2, 0) is 0 Å². The van der Waals surface area contributed by atoms with E-state index in [4.69, 9.17) is 0 Å². The summed E-state index contributed by atoms with van der Waals surface area (Å²) in [7, 11) is 3.44. The van der Waals surface area contributed by atoms with Gasteiger partial charge in [0.25, 0.3) is 5.91 Å². The van der Waals surface area contributed by atoms with Gasteiger partial charge in [0.15, 0.2) is 0 Å². The summed E-state index contributed by atoms with van der Waals surface area (Å²) < 4.78 is 0. The van der Waals surface area contributed by atoms with Crippen LogP contribution in [0.25, 0.3) is 11.1 Å². The van der Waals surface area contributed by atoms with Crippen molar-refractivity contribution in [2.75, 3.05) is 14.1 Å². The van der Waals surface area contributed by atoms with E-state index in [1.165, 1.54) is 4.90 Å². The number of phenols is 1. The Morgan fingerprint density at radius 3 is 2.17 bits per heavy atom. The van der Waals surface area contributed by atoms with E-state index < -0.39 is 0 Å². The fourth-order valence-corrected chi connectivity index (χ4v) is 1.77. The molecule has 1 amide bonds. The molecule has 2 aromatic rings. The zero-order chi connectivity index (χ0) is 13.1. The van der Waals surface area contributed by atoms with Crippen molar-refractivity contribution in [3.8, 4) is 16.9 Å². The average molecular weight is 241 g/mol. The first-order valence-electron chi connectivity index (χ1n) is 5.69. The minimum Gasteiger partial charge on any atom is -0.507 e. The number of para-hydroxylation sites is 1. The summed E-state index contributed by atoms with van der Waals surface area (Å²) in [5, 5.41) is 9.76. The monoisotopic (exact) mass is 241 g/mol. The smallest absolute Gasteiger partial charge is 0.253 e. The Morgan fingerprint density at radius 1 is 1.00 bits per heavy atom. The van der Waals surface area contributed by atoms with Crippen LogP contribution in [0, 0.1) is 0 Å². The van der Waals surface area contributed by atoms with Crippen molar-refractivity contribution in [1.29, 1.82) is 0 Å². The Hall–Kier alpha value is -2.29. The third-order valence-corrected chi connectivity index (χ3v) is 2.75. The standard InChI is InChI=1S/C15H15NO2/c1-16(2)15(18)12-9-7-11(8-10-12)13-5-3-4-6-14(13)17/h3-10,17H,1-2H3. The van der Waals surface area contributed by atoms with Gasteiger partial charge in [-0.25, -0.2) is 0 Å². The van der Waals surface area contributed by atoms with E-state index in [0.717, 1.165) is 11.1 Å². The maximum Gasteiger partial charge on any atom is 0.253 e. The molecule has 0 heterocycles. The Balaban J connectivity index is 2.34. The lowest BCUT2D eigenvalue weighted by molar-refractivity contribution is 0.0827. The largest absolute Gasteiger partial charge is 0.507 e. The van der Waals surface area contributed by atoms with E-state index in [-0.39, 0.29) is 11.7 Å². The SMILES string of the molecule is CN(C)C(=O)c1ccc(-c2ccccc2O)cc1. The zero-order valence-electron chi connectivity index (χ0n) is 10.4. The molecule has 0 radical (unpaired) electrons. The highest BCUT2D eigenvalue weighted by Crippen LogP contribution is 2.28. The van der Waals surface area contributed by atoms with Gasteiger partial charge in [0, 0.05) is 25.2 Å². The molecule has 0 aliphatic carbocycles. The zero-order valence-corrected chi connectivity index (χ0v) is 10.4. The molecule has 0 aliphatic heterocycles. The number of rotatable bonds is 2. The van der Waals surface area contributed by atoms with Gasteiger partial charge in [-0.15, -0.1) is 0 Å². The van der Waals surface area contributed by atoms with Crippen LogP contribution in [0.2, 0.25) is 0 Å². The van der Waals surface area contributed by atoms with Crippen LogP contribution in [-0.4, -0.2) is 30.0 Å². The Kier molecular flexibility index (Phi) is 3.33. The second kappa shape index (κ2) is 4.92. The van der Waals surface area contributed by atoms with Gasteiger partial charge < -0.3 is 10.0 Å². The first-order chi connectivity index (χ1) is 8.59. The number of phenolic OH excluding ortho intramolecular Hbond substituents is 1. The van der Waals surface area contributed by atoms with Gasteiger partial charge >= 0.3 is 0 Å². The van der Waals surface area contributed by atoms with Gasteiger partial charge in [-0.1, -0.05) is 30.3 Å². The van der Waals surface area contributed by atoms with Crippen molar-refractivity contribution in [1.82, 2.24) is 4.90 Å². The molecule has 2 aromatic carbocycles. The fraction of sp³-hybridized carbons (Fsp3) is 0.133. The average Bonchev–Trinajstić information content (AvgIpc) is 2.38. The predicted octanol–water partition coefficient (Wildman–Crippen LogP) is 2.76. The first kappa shape index (κ1) is 12.2. The van der Waals surface area contributed by atoms with Gasteiger partial charge in [0.1, 0.15) is 5.75 Å². The lowest BCUT2D eigenvalue weighted by Gasteiger charge is -2.11. The summed E-state index contributed by atoms with van der Waals surface area (Å²) in [6, 6.07) is 14.4. The number of carbonyl (C=O) groups is 1. The molecular formula is C15H15NO2. The number of amides is 1. The number of aromatic hydroxyl groups is 1. The normalized spacial score (nSPS) is 10.1. The van der Waals surface area contributed by atoms with E-state index in [1.54, 1.807) is 38.4 Å². The maximum absolute atomic E-state index is 11.7. The lowest BCUT2D eigenvalue weighted by Crippen LogP contribution is -2.21. The molecule has 92 valence electrons. The van der Waals surface area contributed by atoms with Gasteiger partial charge in [0.2, 0.25) is 0 Å². The molecular weight excluding hydrogens is 226 g/mol. The molecule has 3 heteroatoms. The predicted molar refractivity (Wildman–Crippen MR) is 71.6 cm³/mol. The summed E-state index contributed by atoms with van der Waals surface area (Å²) in [5.74, 6) is 0.211. The third-order valence-electron chi connectivity index (χ3n) is 2.75. The van der Waals surface area contributed by atoms with Crippen molar-refractivity contribution in [2.24, 2.45) is 0 Å². The van der Waals surface area contributed by atoms with Gasteiger partial charge in [0.05, 0.1) is 0 Å². The first-order valence-corrected chi connectivity index (χ1v) is 5.69. The minimum absolute atomic E-state index is 0.0289. The van der Waals surface area contributed by atoms with Crippen molar-refractivity contribution >= 4 is 5.91 Å². The fourth-order valence-electron chi connectivity index (χ4n) is 1.77. The van der Waals surface area contributed by atoms with Gasteiger partial charge in [-0.05, 0) is 23.8 Å². The molecule has 0 saturated carbocycles. The quantitative estimate of drug-likeness (QED) is 0.878. The Labute approximate surface area is 106 Å². The lowest BCUT2D eigenvalue weighted by atomic mass is 10.0. The second-order valence-corrected chi connectivity index (χ2v) is 4.29. The van der Waals surface area contributed by atoms with E-state index >= 15 is 0 Å². The van der Waals surface area contributed by atoms with Crippen molar-refractivity contribution in [3.05, 3.63) is 54.1 Å². The van der Waals surface area contributed by atoms with E-state index in [0.29, 0.717) is 5.56 Å². The number of hydrogen-bond donors (Lipinski definition) is 1. The molecule has 1 N–H and O–H groups in total. The van der Waals surface area contributed by atoms with Crippen LogP contribution in [0.1, 0.15) is 10.4 Å². The number of benzene rings is 2. The number of hydrogen-bond acceptors (Lipinski definition) is 2. The van der Waals surface area contributed by atoms with Crippen LogP contribution < -0.4 is 0 Å². The summed E-state index contributed by atoms with van der Waals surface area (Å²) in [5.41, 5.74) is 2.30. The second-order valence-electron chi connectivity index (χ2n) is 4.29. The molecule has 0 aromatic heterocycles. The summed E-state index contributed by atoms with van der Waals surface area (Å²) in [6.07, 6.45) is 0. The minimum atomic E-state index is -0.0289. The summed E-state index contributed by atoms with van der Waals surface area (Å²) in [4.78, 5) is 13.3. The molecule has 2 rings (SSSR count). The summed E-state index contributed by atoms with van der Waals surface area (Å²) >= 11 is 0. The van der Waals surface area contributed by atoms with Gasteiger partial charge in [-0.3, -0.25) is 4.79 Å². The van der Waals surface area contributed by atoms with E-state index in [1.807, 2.05) is 24.3 Å². The molecule has 0 atom stereocenters. The van der Waals surface area contributed by atoms with Crippen molar-refractivity contribution in [2.45, 2.75) is 0 Å². The Bertz CT molecular complexity index is 559. The number of carbonyl (C=O) groups excluding carboxylic acids is 1. The third kappa shape index (κ3) is 2.35. The van der Waals surface area contributed by atoms with Crippen LogP contribution in [0.15, 0.2) is 48.5 Å². The molecule has 0 saturated heterocycles. The topological polar surface area (TPSA) is 40.5 Å². The van der Waals surface area contributed by atoms with Crippen LogP contribution in [0.5, 0.6) is 5.75 Å². The Morgan fingerprint density at radius 2 is 1.61 bits per heavy atom. The molecule has 0 fully saturated rings. The van der Waals surface area contributed by atoms with Gasteiger partial charge in [-0.2, -0.15) is 0 Å². The van der Waals surface area contributed by atoms with E-state index in [9.17, 15) is 9.90 Å². The van der Waals surface area contributed by atoms with E-state index in [2.05, 4.69) is 0 Å². The highest BCUT2D eigenvalue weighted by molar-refractivity contribution is 5.94. The van der Waals surface area contributed by atoms with Crippen LogP contribution in [0.4, 0.5) is 0 Å². The van der Waals surface area contributed by atoms with Crippen LogP contribution in [0.3, 0.4) is 0 Å². The summed E-state index contributed by atoms with van der Waals surface area (Å²) in [6.45, 7) is 0. The maximum atomic E-state index is 11.7. The molecule has 3 nitrogen and oxygen atoms in total. The molecule has 0 unspecified atom stereocenters. The highest BCUT2D eigenvalue weighted by Gasteiger charge is 2.08. The molecule has 0 bridgehead atoms. The van der Waals surface area contributed by atoms with Crippen molar-refractivity contribution < 1.29 is 9.90 Å². The highest BCUT2D eigenvalue weighted by atomic mass is 16.3. The molecule has 18 heavy (non-hydrogen) atoms. The molecule has 0 spiro atoms.